The fourth-order valence-corrected chi connectivity index (χ4v) is 3.24. The second-order valence-electron chi connectivity index (χ2n) is 6.34. The zero-order valence-corrected chi connectivity index (χ0v) is 16.1. The van der Waals surface area contributed by atoms with E-state index in [4.69, 9.17) is 16.3 Å². The Labute approximate surface area is 168 Å². The van der Waals surface area contributed by atoms with Gasteiger partial charge in [0.15, 0.2) is 11.5 Å². The van der Waals surface area contributed by atoms with Crippen LogP contribution in [0, 0.1) is 0 Å². The number of amides is 1. The molecule has 0 radical (unpaired) electrons. The molecule has 0 atom stereocenters. The van der Waals surface area contributed by atoms with Gasteiger partial charge in [-0.1, -0.05) is 11.6 Å². The molecule has 0 bridgehead atoms. The lowest BCUT2D eigenvalue weighted by atomic mass is 10.2. The molecule has 29 heavy (non-hydrogen) atoms. The van der Waals surface area contributed by atoms with Crippen LogP contribution in [0.15, 0.2) is 18.2 Å². The molecule has 1 N–H and O–H groups in total. The van der Waals surface area contributed by atoms with Crippen molar-refractivity contribution in [2.45, 2.75) is 45.3 Å². The number of anilines is 1. The Hall–Kier alpha value is -2.49. The highest BCUT2D eigenvalue weighted by Crippen LogP contribution is 2.45. The van der Waals surface area contributed by atoms with Gasteiger partial charge in [-0.3, -0.25) is 9.48 Å². The number of aromatic nitrogens is 2. The molecule has 1 aromatic heterocycles. The average Bonchev–Trinajstić information content (AvgIpc) is 3.41. The molecule has 1 aromatic carbocycles. The summed E-state index contributed by atoms with van der Waals surface area (Å²) in [4.78, 5) is 12.4. The van der Waals surface area contributed by atoms with Crippen LogP contribution in [0.4, 0.5) is 23.2 Å². The number of carbonyl (C=O) groups excluding carboxylic acids is 1. The molecule has 1 saturated carbocycles. The van der Waals surface area contributed by atoms with Gasteiger partial charge in [-0.25, -0.2) is 8.78 Å². The predicted octanol–water partition coefficient (Wildman–Crippen LogP) is 4.99. The number of ether oxygens (including phenoxy) is 2. The van der Waals surface area contributed by atoms with E-state index in [1.165, 1.54) is 22.9 Å². The van der Waals surface area contributed by atoms with Crippen molar-refractivity contribution >= 4 is 23.2 Å². The molecule has 1 aliphatic carbocycles. The Balaban J connectivity index is 1.76. The largest absolute Gasteiger partial charge is 0.490 e. The van der Waals surface area contributed by atoms with E-state index in [1.54, 1.807) is 6.92 Å². The maximum absolute atomic E-state index is 13.1. The minimum atomic E-state index is -3.02. The number of rotatable bonds is 9. The highest BCUT2D eigenvalue weighted by Gasteiger charge is 2.34. The van der Waals surface area contributed by atoms with Crippen molar-refractivity contribution in [1.82, 2.24) is 9.78 Å². The van der Waals surface area contributed by atoms with Crippen LogP contribution < -0.4 is 14.8 Å². The van der Waals surface area contributed by atoms with Crippen LogP contribution in [-0.4, -0.2) is 28.9 Å². The highest BCUT2D eigenvalue weighted by molar-refractivity contribution is 6.32. The molecule has 1 heterocycles. The summed E-state index contributed by atoms with van der Waals surface area (Å²) in [5.41, 5.74) is 0.140. The average molecular weight is 436 g/mol. The van der Waals surface area contributed by atoms with Gasteiger partial charge >= 0.3 is 6.61 Å². The van der Waals surface area contributed by atoms with Gasteiger partial charge in [-0.05, 0) is 31.9 Å². The molecule has 0 unspecified atom stereocenters. The zero-order valence-electron chi connectivity index (χ0n) is 15.3. The predicted molar refractivity (Wildman–Crippen MR) is 97.0 cm³/mol. The summed E-state index contributed by atoms with van der Waals surface area (Å²) in [5.74, 6) is -0.676. The molecule has 11 heteroatoms. The third-order valence-electron chi connectivity index (χ3n) is 4.16. The van der Waals surface area contributed by atoms with Crippen LogP contribution in [0.2, 0.25) is 5.02 Å². The van der Waals surface area contributed by atoms with Crippen molar-refractivity contribution in [3.8, 4) is 11.5 Å². The highest BCUT2D eigenvalue weighted by atomic mass is 35.5. The van der Waals surface area contributed by atoms with E-state index in [1.807, 2.05) is 0 Å². The van der Waals surface area contributed by atoms with Gasteiger partial charge in [-0.15, -0.1) is 0 Å². The van der Waals surface area contributed by atoms with Gasteiger partial charge in [0.25, 0.3) is 6.43 Å². The number of halogens is 5. The van der Waals surface area contributed by atoms with Crippen molar-refractivity contribution < 1.29 is 31.8 Å². The van der Waals surface area contributed by atoms with Crippen LogP contribution in [-0.2, 0) is 11.3 Å². The number of alkyl halides is 4. The maximum atomic E-state index is 13.1. The fraction of sp³-hybridized carbons (Fsp3) is 0.444. The van der Waals surface area contributed by atoms with Crippen molar-refractivity contribution in [3.63, 3.8) is 0 Å². The van der Waals surface area contributed by atoms with E-state index in [-0.39, 0.29) is 41.3 Å². The second-order valence-corrected chi connectivity index (χ2v) is 6.72. The van der Waals surface area contributed by atoms with Crippen LogP contribution in [0.1, 0.15) is 43.5 Å². The first-order chi connectivity index (χ1) is 13.8. The Bertz CT molecular complexity index is 887. The lowest BCUT2D eigenvalue weighted by Crippen LogP contribution is -2.21. The number of nitrogens with one attached hydrogen (secondary N) is 1. The number of carbonyl (C=O) groups is 1. The molecule has 0 spiro atoms. The maximum Gasteiger partial charge on any atom is 0.387 e. The minimum absolute atomic E-state index is 0.00522. The summed E-state index contributed by atoms with van der Waals surface area (Å²) in [6, 6.07) is 3.93. The summed E-state index contributed by atoms with van der Waals surface area (Å²) >= 11 is 6.03. The van der Waals surface area contributed by atoms with E-state index >= 15 is 0 Å². The zero-order chi connectivity index (χ0) is 21.1. The first kappa shape index (κ1) is 21.2. The number of nitrogens with zero attached hydrogens (tertiary/aromatic N) is 2. The summed E-state index contributed by atoms with van der Waals surface area (Å²) in [6.45, 7) is -1.48. The standard InChI is InChI=1S/C18H18ClF4N3O3/c1-2-28-12-7-10(5-6-11(12)29-18(22)23)24-13(27)8-26-16(9-3-4-9)14(19)15(25-26)17(20)21/h5-7,9,17-18H,2-4,8H2,1H3,(H,24,27). The number of hydrogen-bond donors (Lipinski definition) is 1. The van der Waals surface area contributed by atoms with E-state index in [2.05, 4.69) is 15.2 Å². The molecular formula is C18H18ClF4N3O3. The number of hydrogen-bond acceptors (Lipinski definition) is 4. The van der Waals surface area contributed by atoms with E-state index in [0.717, 1.165) is 12.8 Å². The molecule has 0 aliphatic heterocycles. The number of benzene rings is 1. The molecule has 1 amide bonds. The summed E-state index contributed by atoms with van der Waals surface area (Å²) in [5, 5.41) is 6.24. The van der Waals surface area contributed by atoms with Gasteiger partial charge in [0, 0.05) is 17.7 Å². The van der Waals surface area contributed by atoms with Crippen LogP contribution in [0.25, 0.3) is 0 Å². The van der Waals surface area contributed by atoms with E-state index in [9.17, 15) is 22.4 Å². The van der Waals surface area contributed by atoms with Crippen molar-refractivity contribution in [2.75, 3.05) is 11.9 Å². The van der Waals surface area contributed by atoms with Gasteiger partial charge in [0.2, 0.25) is 5.91 Å². The van der Waals surface area contributed by atoms with Gasteiger partial charge in [0.1, 0.15) is 12.2 Å². The van der Waals surface area contributed by atoms with Crippen molar-refractivity contribution in [3.05, 3.63) is 34.6 Å². The Kier molecular flexibility index (Phi) is 6.51. The van der Waals surface area contributed by atoms with Crippen LogP contribution >= 0.6 is 11.6 Å². The molecule has 3 rings (SSSR count). The third-order valence-corrected chi connectivity index (χ3v) is 4.55. The topological polar surface area (TPSA) is 65.4 Å². The third kappa shape index (κ3) is 5.11. The van der Waals surface area contributed by atoms with Crippen molar-refractivity contribution in [2.24, 2.45) is 0 Å². The first-order valence-electron chi connectivity index (χ1n) is 8.85. The van der Waals surface area contributed by atoms with Gasteiger partial charge in [-0.2, -0.15) is 13.9 Å². The quantitative estimate of drug-likeness (QED) is 0.563. The van der Waals surface area contributed by atoms with Gasteiger partial charge in [0.05, 0.1) is 17.3 Å². The monoisotopic (exact) mass is 435 g/mol. The molecule has 0 saturated heterocycles. The van der Waals surface area contributed by atoms with Crippen LogP contribution in [0.3, 0.4) is 0 Å². The lowest BCUT2D eigenvalue weighted by molar-refractivity contribution is -0.117. The Morgan fingerprint density at radius 1 is 1.31 bits per heavy atom. The summed E-state index contributed by atoms with van der Waals surface area (Å²) in [6.07, 6.45) is -1.27. The summed E-state index contributed by atoms with van der Waals surface area (Å²) < 4.78 is 61.9. The van der Waals surface area contributed by atoms with E-state index < -0.39 is 24.6 Å². The van der Waals surface area contributed by atoms with Gasteiger partial charge < -0.3 is 14.8 Å². The minimum Gasteiger partial charge on any atom is -0.490 e. The molecule has 6 nitrogen and oxygen atoms in total. The molecular weight excluding hydrogens is 418 g/mol. The first-order valence-corrected chi connectivity index (χ1v) is 9.23. The molecule has 1 fully saturated rings. The van der Waals surface area contributed by atoms with E-state index in [0.29, 0.717) is 5.69 Å². The SMILES string of the molecule is CCOc1cc(NC(=O)Cn2nc(C(F)F)c(Cl)c2C2CC2)ccc1OC(F)F. The summed E-state index contributed by atoms with van der Waals surface area (Å²) in [7, 11) is 0. The van der Waals surface area contributed by atoms with Crippen LogP contribution in [0.5, 0.6) is 11.5 Å². The van der Waals surface area contributed by atoms with Crippen molar-refractivity contribution in [1.29, 1.82) is 0 Å². The molecule has 2 aromatic rings. The normalized spacial score (nSPS) is 13.8. The Morgan fingerprint density at radius 3 is 2.62 bits per heavy atom. The fourth-order valence-electron chi connectivity index (χ4n) is 2.86. The lowest BCUT2D eigenvalue weighted by Gasteiger charge is -2.13. The molecule has 1 aliphatic rings. The Morgan fingerprint density at radius 2 is 2.03 bits per heavy atom. The molecule has 158 valence electrons. The second kappa shape index (κ2) is 8.89. The smallest absolute Gasteiger partial charge is 0.387 e.